The number of hydrogen-bond donors (Lipinski definition) is 1. The van der Waals surface area contributed by atoms with Gasteiger partial charge in [-0.3, -0.25) is 0 Å². The largest absolute Gasteiger partial charge is 0.474 e. The summed E-state index contributed by atoms with van der Waals surface area (Å²) in [6.07, 6.45) is 2.14. The van der Waals surface area contributed by atoms with Gasteiger partial charge in [0.15, 0.2) is 0 Å². The van der Waals surface area contributed by atoms with E-state index in [9.17, 15) is 4.79 Å². The molecule has 66 valence electrons. The van der Waals surface area contributed by atoms with Gasteiger partial charge in [0.05, 0.1) is 5.69 Å². The molecule has 1 heterocycles. The Hall–Kier alpha value is -1.32. The van der Waals surface area contributed by atoms with Crippen molar-refractivity contribution < 1.29 is 14.3 Å². The normalized spacial score (nSPS) is 10.6. The Kier molecular flexibility index (Phi) is 2.47. The molecule has 0 aliphatic carbocycles. The number of carbonyl (C=O) groups is 1. The molecule has 0 aromatic carbocycles. The van der Waals surface area contributed by atoms with Crippen LogP contribution in [0.1, 0.15) is 30.2 Å². The molecule has 0 amide bonds. The van der Waals surface area contributed by atoms with E-state index in [-0.39, 0.29) is 5.89 Å². The Labute approximate surface area is 70.2 Å². The summed E-state index contributed by atoms with van der Waals surface area (Å²) in [7, 11) is 0. The summed E-state index contributed by atoms with van der Waals surface area (Å²) >= 11 is 0. The lowest BCUT2D eigenvalue weighted by molar-refractivity contribution is 0.0653. The molecule has 1 aromatic rings. The van der Waals surface area contributed by atoms with Gasteiger partial charge in [-0.25, -0.2) is 9.78 Å². The molecule has 1 N–H and O–H groups in total. The second-order valence-electron chi connectivity index (χ2n) is 3.05. The van der Waals surface area contributed by atoms with Gasteiger partial charge in [-0.05, 0) is 12.3 Å². The molecule has 4 nitrogen and oxygen atoms in total. The monoisotopic (exact) mass is 169 g/mol. The number of carboxylic acids is 1. The lowest BCUT2D eigenvalue weighted by Crippen LogP contribution is -1.98. The molecule has 0 saturated heterocycles. The molecular weight excluding hydrogens is 158 g/mol. The third-order valence-electron chi connectivity index (χ3n) is 1.35. The second kappa shape index (κ2) is 3.38. The first-order valence-electron chi connectivity index (χ1n) is 3.77. The lowest BCUT2D eigenvalue weighted by Gasteiger charge is -1.97. The van der Waals surface area contributed by atoms with E-state index >= 15 is 0 Å². The Bertz CT molecular complexity index is 278. The van der Waals surface area contributed by atoms with E-state index in [1.807, 2.05) is 13.8 Å². The number of rotatable bonds is 3. The molecule has 1 aromatic heterocycles. The fourth-order valence-corrected chi connectivity index (χ4v) is 0.917. The van der Waals surface area contributed by atoms with Crippen LogP contribution >= 0.6 is 0 Å². The molecule has 12 heavy (non-hydrogen) atoms. The van der Waals surface area contributed by atoms with Crippen LogP contribution in [0.15, 0.2) is 10.7 Å². The molecule has 0 unspecified atom stereocenters. The molecule has 0 spiro atoms. The predicted molar refractivity (Wildman–Crippen MR) is 42.0 cm³/mol. The molecule has 0 saturated carbocycles. The maximum absolute atomic E-state index is 10.3. The average molecular weight is 169 g/mol. The summed E-state index contributed by atoms with van der Waals surface area (Å²) in [6.45, 7) is 4.07. The van der Waals surface area contributed by atoms with E-state index in [1.165, 1.54) is 6.26 Å². The molecule has 0 aliphatic heterocycles. The van der Waals surface area contributed by atoms with Gasteiger partial charge >= 0.3 is 11.9 Å². The average Bonchev–Trinajstić information content (AvgIpc) is 2.34. The quantitative estimate of drug-likeness (QED) is 0.745. The lowest BCUT2D eigenvalue weighted by atomic mass is 10.1. The number of aromatic nitrogens is 1. The third-order valence-corrected chi connectivity index (χ3v) is 1.35. The fraction of sp³-hybridized carbons (Fsp3) is 0.500. The first-order chi connectivity index (χ1) is 5.59. The van der Waals surface area contributed by atoms with Gasteiger partial charge in [0, 0.05) is 0 Å². The molecule has 0 atom stereocenters. The van der Waals surface area contributed by atoms with Crippen molar-refractivity contribution in [3.63, 3.8) is 0 Å². The smallest absolute Gasteiger partial charge is 0.392 e. The standard InChI is InChI=1S/C8H11NO3/c1-5(2)3-6-4-12-7(9-6)8(10)11/h4-5H,3H2,1-2H3,(H,10,11). The summed E-state index contributed by atoms with van der Waals surface area (Å²) in [5.74, 6) is -0.896. The summed E-state index contributed by atoms with van der Waals surface area (Å²) in [4.78, 5) is 14.1. The van der Waals surface area contributed by atoms with Gasteiger partial charge < -0.3 is 9.52 Å². The van der Waals surface area contributed by atoms with Crippen molar-refractivity contribution in [2.24, 2.45) is 5.92 Å². The van der Waals surface area contributed by atoms with Crippen molar-refractivity contribution in [3.05, 3.63) is 17.8 Å². The van der Waals surface area contributed by atoms with E-state index in [0.717, 1.165) is 6.42 Å². The maximum atomic E-state index is 10.3. The molecule has 4 heteroatoms. The molecule has 0 aliphatic rings. The van der Waals surface area contributed by atoms with Crippen LogP contribution in [0.5, 0.6) is 0 Å². The minimum atomic E-state index is -1.12. The van der Waals surface area contributed by atoms with Crippen molar-refractivity contribution in [2.75, 3.05) is 0 Å². The van der Waals surface area contributed by atoms with Gasteiger partial charge in [0.25, 0.3) is 0 Å². The SMILES string of the molecule is CC(C)Cc1coc(C(=O)O)n1. The number of aromatic carboxylic acids is 1. The van der Waals surface area contributed by atoms with E-state index in [1.54, 1.807) is 0 Å². The van der Waals surface area contributed by atoms with E-state index in [4.69, 9.17) is 9.52 Å². The zero-order valence-corrected chi connectivity index (χ0v) is 7.07. The van der Waals surface area contributed by atoms with E-state index in [0.29, 0.717) is 11.6 Å². The Morgan fingerprint density at radius 2 is 2.42 bits per heavy atom. The van der Waals surface area contributed by atoms with E-state index < -0.39 is 5.97 Å². The van der Waals surface area contributed by atoms with E-state index in [2.05, 4.69) is 4.98 Å². The summed E-state index contributed by atoms with van der Waals surface area (Å²) in [6, 6.07) is 0. The summed E-state index contributed by atoms with van der Waals surface area (Å²) in [5.41, 5.74) is 0.697. The minimum Gasteiger partial charge on any atom is -0.474 e. The number of nitrogens with zero attached hydrogens (tertiary/aromatic N) is 1. The highest BCUT2D eigenvalue weighted by Gasteiger charge is 2.11. The zero-order chi connectivity index (χ0) is 9.14. The highest BCUT2D eigenvalue weighted by molar-refractivity contribution is 5.82. The van der Waals surface area contributed by atoms with Crippen LogP contribution < -0.4 is 0 Å². The van der Waals surface area contributed by atoms with Crippen LogP contribution in [0.3, 0.4) is 0 Å². The predicted octanol–water partition coefficient (Wildman–Crippen LogP) is 1.57. The minimum absolute atomic E-state index is 0.231. The van der Waals surface area contributed by atoms with Crippen LogP contribution in [-0.2, 0) is 6.42 Å². The van der Waals surface area contributed by atoms with Crippen LogP contribution in [0.25, 0.3) is 0 Å². The molecule has 0 radical (unpaired) electrons. The van der Waals surface area contributed by atoms with Crippen molar-refractivity contribution in [1.29, 1.82) is 0 Å². The van der Waals surface area contributed by atoms with Gasteiger partial charge in [0.2, 0.25) is 0 Å². The van der Waals surface area contributed by atoms with Crippen LogP contribution in [0.4, 0.5) is 0 Å². The fourth-order valence-electron chi connectivity index (χ4n) is 0.917. The highest BCUT2D eigenvalue weighted by atomic mass is 16.4. The van der Waals surface area contributed by atoms with Gasteiger partial charge in [0.1, 0.15) is 6.26 Å². The maximum Gasteiger partial charge on any atom is 0.392 e. The Morgan fingerprint density at radius 1 is 1.75 bits per heavy atom. The molecule has 1 rings (SSSR count). The van der Waals surface area contributed by atoms with Gasteiger partial charge in [-0.1, -0.05) is 13.8 Å². The first-order valence-corrected chi connectivity index (χ1v) is 3.77. The van der Waals surface area contributed by atoms with Gasteiger partial charge in [-0.2, -0.15) is 0 Å². The third kappa shape index (κ3) is 2.08. The molecular formula is C8H11NO3. The van der Waals surface area contributed by atoms with Crippen LogP contribution in [0.2, 0.25) is 0 Å². The van der Waals surface area contributed by atoms with Gasteiger partial charge in [-0.15, -0.1) is 0 Å². The summed E-state index contributed by atoms with van der Waals surface area (Å²) < 4.78 is 4.72. The summed E-state index contributed by atoms with van der Waals surface area (Å²) in [5, 5.41) is 8.48. The molecule has 0 bridgehead atoms. The van der Waals surface area contributed by atoms with Crippen molar-refractivity contribution >= 4 is 5.97 Å². The van der Waals surface area contributed by atoms with Crippen molar-refractivity contribution in [3.8, 4) is 0 Å². The molecule has 0 fully saturated rings. The highest BCUT2D eigenvalue weighted by Crippen LogP contribution is 2.07. The topological polar surface area (TPSA) is 63.3 Å². The van der Waals surface area contributed by atoms with Crippen LogP contribution in [0, 0.1) is 5.92 Å². The van der Waals surface area contributed by atoms with Crippen LogP contribution in [-0.4, -0.2) is 16.1 Å². The first kappa shape index (κ1) is 8.77. The number of carboxylic acid groups (broad SMARTS) is 1. The Morgan fingerprint density at radius 3 is 2.83 bits per heavy atom. The number of oxazole rings is 1. The van der Waals surface area contributed by atoms with Crippen molar-refractivity contribution in [1.82, 2.24) is 4.98 Å². The van der Waals surface area contributed by atoms with Crippen molar-refractivity contribution in [2.45, 2.75) is 20.3 Å². The number of hydrogen-bond acceptors (Lipinski definition) is 3. The second-order valence-corrected chi connectivity index (χ2v) is 3.05. The Balaban J connectivity index is 2.71. The zero-order valence-electron chi connectivity index (χ0n) is 7.07.